The van der Waals surface area contributed by atoms with Gasteiger partial charge in [-0.3, -0.25) is 4.79 Å². The van der Waals surface area contributed by atoms with Crippen LogP contribution in [0.15, 0.2) is 18.2 Å². The first-order valence-electron chi connectivity index (χ1n) is 6.32. The molecule has 0 radical (unpaired) electrons. The van der Waals surface area contributed by atoms with Crippen LogP contribution in [0.5, 0.6) is 0 Å². The summed E-state index contributed by atoms with van der Waals surface area (Å²) in [5.74, 6) is -0.453. The highest BCUT2D eigenvalue weighted by Gasteiger charge is 2.18. The van der Waals surface area contributed by atoms with Crippen molar-refractivity contribution >= 4 is 17.3 Å². The van der Waals surface area contributed by atoms with Crippen molar-refractivity contribution in [2.24, 2.45) is 5.92 Å². The predicted molar refractivity (Wildman–Crippen MR) is 74.3 cm³/mol. The summed E-state index contributed by atoms with van der Waals surface area (Å²) in [6, 6.07) is 4.06. The van der Waals surface area contributed by atoms with Gasteiger partial charge in [0.05, 0.1) is 11.8 Å². The monoisotopic (exact) mass is 268 g/mol. The number of carbonyl (C=O) groups is 1. The molecule has 0 aliphatic carbocycles. The molecule has 3 N–H and O–H groups in total. The maximum absolute atomic E-state index is 13.0. The number of ether oxygens (including phenoxy) is 1. The van der Waals surface area contributed by atoms with Crippen LogP contribution in [0.3, 0.4) is 0 Å². The summed E-state index contributed by atoms with van der Waals surface area (Å²) in [4.78, 5) is 11.9. The molecule has 19 heavy (non-hydrogen) atoms. The van der Waals surface area contributed by atoms with Crippen LogP contribution in [0, 0.1) is 11.7 Å². The number of anilines is 2. The number of hydrogen-bond donors (Lipinski definition) is 2. The largest absolute Gasteiger partial charge is 0.396 e. The van der Waals surface area contributed by atoms with Crippen molar-refractivity contribution in [1.29, 1.82) is 0 Å². The van der Waals surface area contributed by atoms with Crippen LogP contribution in [-0.2, 0) is 9.53 Å². The van der Waals surface area contributed by atoms with E-state index in [2.05, 4.69) is 5.32 Å². The van der Waals surface area contributed by atoms with Crippen LogP contribution in [0.25, 0.3) is 0 Å². The van der Waals surface area contributed by atoms with E-state index in [9.17, 15) is 9.18 Å². The molecule has 2 atom stereocenters. The second-order valence-electron chi connectivity index (χ2n) is 4.95. The summed E-state index contributed by atoms with van der Waals surface area (Å²) in [6.07, 6.45) is -0.595. The first-order valence-corrected chi connectivity index (χ1v) is 6.32. The van der Waals surface area contributed by atoms with Gasteiger partial charge in [0.25, 0.3) is 5.91 Å². The molecular weight excluding hydrogens is 247 g/mol. The number of nitrogen functional groups attached to an aromatic ring is 1. The van der Waals surface area contributed by atoms with Crippen molar-refractivity contribution in [3.05, 3.63) is 24.0 Å². The molecule has 1 rings (SSSR count). The molecule has 0 aromatic heterocycles. The zero-order valence-corrected chi connectivity index (χ0v) is 11.7. The molecule has 0 heterocycles. The number of hydrogen-bond acceptors (Lipinski definition) is 3. The van der Waals surface area contributed by atoms with Crippen LogP contribution >= 0.6 is 0 Å². The van der Waals surface area contributed by atoms with Gasteiger partial charge >= 0.3 is 0 Å². The molecule has 1 aromatic carbocycles. The van der Waals surface area contributed by atoms with E-state index < -0.39 is 11.9 Å². The van der Waals surface area contributed by atoms with Crippen LogP contribution in [-0.4, -0.2) is 18.1 Å². The van der Waals surface area contributed by atoms with Gasteiger partial charge in [0.15, 0.2) is 0 Å². The van der Waals surface area contributed by atoms with E-state index in [0.717, 1.165) is 0 Å². The van der Waals surface area contributed by atoms with Crippen molar-refractivity contribution < 1.29 is 13.9 Å². The molecule has 0 fully saturated rings. The first kappa shape index (κ1) is 15.4. The molecule has 4 nitrogen and oxygen atoms in total. The SMILES string of the molecule is CC(OC(C)C(C)C)C(=O)Nc1ccc(F)c(N)c1. The molecule has 0 aliphatic heterocycles. The summed E-state index contributed by atoms with van der Waals surface area (Å²) in [6.45, 7) is 7.65. The average Bonchev–Trinajstić information content (AvgIpc) is 2.33. The average molecular weight is 268 g/mol. The molecule has 0 saturated heterocycles. The Morgan fingerprint density at radius 3 is 2.47 bits per heavy atom. The fourth-order valence-electron chi connectivity index (χ4n) is 1.41. The van der Waals surface area contributed by atoms with E-state index in [0.29, 0.717) is 11.6 Å². The predicted octanol–water partition coefficient (Wildman–Crippen LogP) is 2.80. The van der Waals surface area contributed by atoms with Gasteiger partial charge in [0.1, 0.15) is 11.9 Å². The smallest absolute Gasteiger partial charge is 0.253 e. The third-order valence-corrected chi connectivity index (χ3v) is 2.99. The highest BCUT2D eigenvalue weighted by atomic mass is 19.1. The van der Waals surface area contributed by atoms with Gasteiger partial charge in [-0.15, -0.1) is 0 Å². The van der Waals surface area contributed by atoms with Crippen molar-refractivity contribution in [1.82, 2.24) is 0 Å². The molecule has 1 aromatic rings. The van der Waals surface area contributed by atoms with E-state index in [1.54, 1.807) is 6.92 Å². The third-order valence-electron chi connectivity index (χ3n) is 2.99. The van der Waals surface area contributed by atoms with E-state index in [1.807, 2.05) is 20.8 Å². The summed E-state index contributed by atoms with van der Waals surface area (Å²) < 4.78 is 18.6. The third kappa shape index (κ3) is 4.52. The number of nitrogens with one attached hydrogen (secondary N) is 1. The molecule has 0 spiro atoms. The van der Waals surface area contributed by atoms with E-state index in [4.69, 9.17) is 10.5 Å². The van der Waals surface area contributed by atoms with Crippen molar-refractivity contribution in [2.75, 3.05) is 11.1 Å². The van der Waals surface area contributed by atoms with Crippen LogP contribution in [0.2, 0.25) is 0 Å². The van der Waals surface area contributed by atoms with Gasteiger partial charge in [-0.2, -0.15) is 0 Å². The fraction of sp³-hybridized carbons (Fsp3) is 0.500. The number of carbonyl (C=O) groups excluding carboxylic acids is 1. The lowest BCUT2D eigenvalue weighted by Gasteiger charge is -2.21. The highest BCUT2D eigenvalue weighted by molar-refractivity contribution is 5.94. The Kier molecular flexibility index (Phi) is 5.30. The Morgan fingerprint density at radius 1 is 1.32 bits per heavy atom. The van der Waals surface area contributed by atoms with Gasteiger partial charge in [-0.1, -0.05) is 13.8 Å². The molecule has 0 aliphatic rings. The van der Waals surface area contributed by atoms with Gasteiger partial charge in [-0.05, 0) is 38.0 Å². The highest BCUT2D eigenvalue weighted by Crippen LogP contribution is 2.17. The summed E-state index contributed by atoms with van der Waals surface area (Å²) >= 11 is 0. The number of nitrogens with two attached hydrogens (primary N) is 1. The lowest BCUT2D eigenvalue weighted by molar-refractivity contribution is -0.130. The maximum Gasteiger partial charge on any atom is 0.253 e. The molecule has 1 amide bonds. The molecular formula is C14H21FN2O2. The minimum atomic E-state index is -0.580. The number of benzene rings is 1. The Morgan fingerprint density at radius 2 is 1.95 bits per heavy atom. The molecule has 0 bridgehead atoms. The Balaban J connectivity index is 2.61. The molecule has 2 unspecified atom stereocenters. The standard InChI is InChI=1S/C14H21FN2O2/c1-8(2)9(3)19-10(4)14(18)17-11-5-6-12(15)13(16)7-11/h5-10H,16H2,1-4H3,(H,17,18). The molecule has 106 valence electrons. The zero-order valence-electron chi connectivity index (χ0n) is 11.7. The normalized spacial score (nSPS) is 14.2. The zero-order chi connectivity index (χ0) is 14.6. The first-order chi connectivity index (χ1) is 8.81. The summed E-state index contributed by atoms with van der Waals surface area (Å²) in [7, 11) is 0. The maximum atomic E-state index is 13.0. The quantitative estimate of drug-likeness (QED) is 0.807. The van der Waals surface area contributed by atoms with Crippen LogP contribution in [0.4, 0.5) is 15.8 Å². The second-order valence-corrected chi connectivity index (χ2v) is 4.95. The van der Waals surface area contributed by atoms with Crippen LogP contribution < -0.4 is 11.1 Å². The number of amides is 1. The minimum absolute atomic E-state index is 0.00178. The van der Waals surface area contributed by atoms with E-state index in [1.165, 1.54) is 18.2 Å². The minimum Gasteiger partial charge on any atom is -0.396 e. The Hall–Kier alpha value is -1.62. The molecule has 5 heteroatoms. The summed E-state index contributed by atoms with van der Waals surface area (Å²) in [5, 5.41) is 2.64. The van der Waals surface area contributed by atoms with Crippen LogP contribution in [0.1, 0.15) is 27.7 Å². The lowest BCUT2D eigenvalue weighted by Crippen LogP contribution is -2.32. The Labute approximate surface area is 113 Å². The van der Waals surface area contributed by atoms with Gasteiger partial charge < -0.3 is 15.8 Å². The van der Waals surface area contributed by atoms with Gasteiger partial charge in [0.2, 0.25) is 0 Å². The second kappa shape index (κ2) is 6.52. The van der Waals surface area contributed by atoms with Gasteiger partial charge in [0, 0.05) is 5.69 Å². The molecule has 0 saturated carbocycles. The Bertz CT molecular complexity index is 449. The summed E-state index contributed by atoms with van der Waals surface area (Å²) in [5.41, 5.74) is 5.89. The van der Waals surface area contributed by atoms with Gasteiger partial charge in [-0.25, -0.2) is 4.39 Å². The number of rotatable bonds is 5. The lowest BCUT2D eigenvalue weighted by atomic mass is 10.1. The van der Waals surface area contributed by atoms with E-state index in [-0.39, 0.29) is 17.7 Å². The van der Waals surface area contributed by atoms with Crippen molar-refractivity contribution in [3.8, 4) is 0 Å². The van der Waals surface area contributed by atoms with Crippen molar-refractivity contribution in [2.45, 2.75) is 39.9 Å². The fourth-order valence-corrected chi connectivity index (χ4v) is 1.41. The van der Waals surface area contributed by atoms with Crippen molar-refractivity contribution in [3.63, 3.8) is 0 Å². The number of halogens is 1. The topological polar surface area (TPSA) is 64.3 Å². The van der Waals surface area contributed by atoms with E-state index >= 15 is 0 Å².